The summed E-state index contributed by atoms with van der Waals surface area (Å²) in [4.78, 5) is 11.7. The molecule has 9 heteroatoms. The van der Waals surface area contributed by atoms with Gasteiger partial charge in [-0.1, -0.05) is 32.0 Å². The van der Waals surface area contributed by atoms with Crippen molar-refractivity contribution in [3.63, 3.8) is 0 Å². The Morgan fingerprint density at radius 1 is 1.15 bits per heavy atom. The molecule has 0 fully saturated rings. The van der Waals surface area contributed by atoms with Crippen molar-refractivity contribution in [3.05, 3.63) is 70.3 Å². The molecule has 0 aliphatic carbocycles. The maximum atomic E-state index is 13.6. The minimum absolute atomic E-state index is 0.0328. The van der Waals surface area contributed by atoms with Crippen LogP contribution in [0.4, 0.5) is 8.78 Å². The van der Waals surface area contributed by atoms with Crippen LogP contribution in [0, 0.1) is 11.6 Å². The van der Waals surface area contributed by atoms with Gasteiger partial charge in [-0.25, -0.2) is 8.78 Å². The molecule has 2 aromatic rings. The third kappa shape index (κ3) is 6.97. The normalized spacial score (nSPS) is 20.1. The molecule has 1 aliphatic heterocycles. The Bertz CT molecular complexity index is 982. The van der Waals surface area contributed by atoms with E-state index in [-0.39, 0.29) is 30.4 Å². The zero-order valence-corrected chi connectivity index (χ0v) is 19.8. The zero-order valence-electron chi connectivity index (χ0n) is 19.0. The first-order valence-electron chi connectivity index (χ1n) is 10.9. The van der Waals surface area contributed by atoms with E-state index in [0.29, 0.717) is 11.5 Å². The van der Waals surface area contributed by atoms with Crippen molar-refractivity contribution < 1.29 is 27.8 Å². The van der Waals surface area contributed by atoms with Gasteiger partial charge in [0.25, 0.3) is 0 Å². The van der Waals surface area contributed by atoms with E-state index in [4.69, 9.17) is 0 Å². The monoisotopic (exact) mass is 482 g/mol. The zero-order chi connectivity index (χ0) is 24.3. The van der Waals surface area contributed by atoms with Gasteiger partial charge >= 0.3 is 0 Å². The first-order chi connectivity index (χ1) is 15.4. The molecule has 3 rings (SSSR count). The van der Waals surface area contributed by atoms with E-state index in [1.807, 2.05) is 12.1 Å². The van der Waals surface area contributed by atoms with E-state index >= 15 is 0 Å². The molecule has 182 valence electrons. The SMILES string of the molecule is CC(=O)N[C@@H](Cc1cc(F)cc(F)c1)[C@@H](O)CN[C@H]1CS(O)(O)Cc2ccc(C(C)C)cc21. The van der Waals surface area contributed by atoms with Gasteiger partial charge in [0.05, 0.1) is 29.7 Å². The first kappa shape index (κ1) is 25.6. The van der Waals surface area contributed by atoms with Crippen molar-refractivity contribution in [2.45, 2.75) is 57.1 Å². The summed E-state index contributed by atoms with van der Waals surface area (Å²) >= 11 is 0. The fourth-order valence-electron chi connectivity index (χ4n) is 4.19. The predicted octanol–water partition coefficient (Wildman–Crippen LogP) is 4.09. The lowest BCUT2D eigenvalue weighted by atomic mass is 9.94. The predicted molar refractivity (Wildman–Crippen MR) is 126 cm³/mol. The highest BCUT2D eigenvalue weighted by molar-refractivity contribution is 8.23. The second-order valence-corrected chi connectivity index (χ2v) is 11.3. The molecule has 3 atom stereocenters. The van der Waals surface area contributed by atoms with Gasteiger partial charge in [-0.2, -0.15) is 10.6 Å². The number of nitrogens with one attached hydrogen (secondary N) is 2. The van der Waals surface area contributed by atoms with Crippen molar-refractivity contribution in [2.24, 2.45) is 0 Å². The summed E-state index contributed by atoms with van der Waals surface area (Å²) in [5.74, 6) is -1.22. The van der Waals surface area contributed by atoms with Gasteiger partial charge < -0.3 is 15.7 Å². The van der Waals surface area contributed by atoms with Gasteiger partial charge in [0.15, 0.2) is 0 Å². The topological polar surface area (TPSA) is 102 Å². The standard InChI is InChI=1S/C24H32F2N2O4S/c1-14(2)17-4-5-18-12-33(31,32)13-23(21(18)9-17)27-11-24(30)22(28-15(3)29)8-16-6-19(25)10-20(26)7-16/h4-7,9-10,14,22-24,27,30-32H,8,11-13H2,1-3H3,(H,28,29)/t22-,23-,24-/m0/s1. The van der Waals surface area contributed by atoms with Crippen molar-refractivity contribution in [1.29, 1.82) is 0 Å². The molecule has 2 aromatic carbocycles. The highest BCUT2D eigenvalue weighted by Gasteiger charge is 2.31. The summed E-state index contributed by atoms with van der Waals surface area (Å²) in [6, 6.07) is 7.87. The number of benzene rings is 2. The van der Waals surface area contributed by atoms with E-state index in [1.54, 1.807) is 0 Å². The Kier molecular flexibility index (Phi) is 8.13. The minimum Gasteiger partial charge on any atom is -0.390 e. The summed E-state index contributed by atoms with van der Waals surface area (Å²) in [7, 11) is -2.82. The number of fused-ring (bicyclic) bond motifs is 1. The molecular weight excluding hydrogens is 450 g/mol. The van der Waals surface area contributed by atoms with Crippen LogP contribution in [0.15, 0.2) is 36.4 Å². The minimum atomic E-state index is -2.82. The fourth-order valence-corrected chi connectivity index (χ4v) is 5.90. The van der Waals surface area contributed by atoms with Gasteiger partial charge in [0.1, 0.15) is 11.6 Å². The number of aliphatic hydroxyl groups excluding tert-OH is 1. The summed E-state index contributed by atoms with van der Waals surface area (Å²) in [5.41, 5.74) is 3.25. The van der Waals surface area contributed by atoms with Gasteiger partial charge in [-0.15, -0.1) is 0 Å². The molecule has 5 N–H and O–H groups in total. The van der Waals surface area contributed by atoms with Crippen LogP contribution in [0.5, 0.6) is 0 Å². The third-order valence-corrected chi connectivity index (χ3v) is 7.48. The van der Waals surface area contributed by atoms with Crippen molar-refractivity contribution in [1.82, 2.24) is 10.6 Å². The average Bonchev–Trinajstić information content (AvgIpc) is 2.69. The fraction of sp³-hybridized carbons (Fsp3) is 0.458. The molecule has 0 aromatic heterocycles. The molecule has 0 radical (unpaired) electrons. The van der Waals surface area contributed by atoms with Gasteiger partial charge in [-0.05, 0) is 46.7 Å². The van der Waals surface area contributed by atoms with Crippen LogP contribution in [0.2, 0.25) is 0 Å². The third-order valence-electron chi connectivity index (χ3n) is 5.84. The molecule has 0 unspecified atom stereocenters. The lowest BCUT2D eigenvalue weighted by molar-refractivity contribution is -0.120. The molecular formula is C24H32F2N2O4S. The maximum Gasteiger partial charge on any atom is 0.217 e. The number of carbonyl (C=O) groups excluding carboxylic acids is 1. The highest BCUT2D eigenvalue weighted by atomic mass is 32.3. The van der Waals surface area contributed by atoms with E-state index in [1.165, 1.54) is 6.92 Å². The number of halogens is 2. The average molecular weight is 483 g/mol. The molecule has 0 bridgehead atoms. The second-order valence-electron chi connectivity index (χ2n) is 9.04. The number of rotatable bonds is 8. The van der Waals surface area contributed by atoms with E-state index in [2.05, 4.69) is 30.5 Å². The highest BCUT2D eigenvalue weighted by Crippen LogP contribution is 2.51. The smallest absolute Gasteiger partial charge is 0.217 e. The lowest BCUT2D eigenvalue weighted by Gasteiger charge is -2.42. The summed E-state index contributed by atoms with van der Waals surface area (Å²) in [6.45, 7) is 5.50. The van der Waals surface area contributed by atoms with Gasteiger partial charge in [0.2, 0.25) is 5.91 Å². The molecule has 1 heterocycles. The molecule has 1 amide bonds. The number of hydrogen-bond acceptors (Lipinski definition) is 5. The number of amides is 1. The van der Waals surface area contributed by atoms with Crippen LogP contribution < -0.4 is 10.6 Å². The molecule has 1 aliphatic rings. The Balaban J connectivity index is 1.77. The number of carbonyl (C=O) groups is 1. The number of hydrogen-bond donors (Lipinski definition) is 5. The van der Waals surface area contributed by atoms with E-state index in [9.17, 15) is 27.8 Å². The first-order valence-corrected chi connectivity index (χ1v) is 12.8. The van der Waals surface area contributed by atoms with Crippen LogP contribution in [-0.2, 0) is 17.0 Å². The molecule has 0 saturated heterocycles. The Morgan fingerprint density at radius 3 is 2.42 bits per heavy atom. The Labute approximate surface area is 194 Å². The van der Waals surface area contributed by atoms with Crippen molar-refractivity contribution in [2.75, 3.05) is 12.3 Å². The van der Waals surface area contributed by atoms with Crippen LogP contribution in [0.25, 0.3) is 0 Å². The van der Waals surface area contributed by atoms with Gasteiger partial charge in [-0.3, -0.25) is 13.9 Å². The summed E-state index contributed by atoms with van der Waals surface area (Å²) in [5, 5.41) is 16.7. The second kappa shape index (κ2) is 10.5. The largest absolute Gasteiger partial charge is 0.390 e. The quantitative estimate of drug-likeness (QED) is 0.390. The van der Waals surface area contributed by atoms with Crippen LogP contribution in [0.1, 0.15) is 55.0 Å². The van der Waals surface area contributed by atoms with Crippen LogP contribution in [0.3, 0.4) is 0 Å². The molecule has 33 heavy (non-hydrogen) atoms. The maximum absolute atomic E-state index is 13.6. The number of aliphatic hydroxyl groups is 1. The lowest BCUT2D eigenvalue weighted by Crippen LogP contribution is -2.49. The summed E-state index contributed by atoms with van der Waals surface area (Å²) in [6.07, 6.45) is -1.05. The van der Waals surface area contributed by atoms with E-state index < -0.39 is 40.4 Å². The molecule has 0 spiro atoms. The van der Waals surface area contributed by atoms with Crippen LogP contribution >= 0.6 is 10.6 Å². The summed E-state index contributed by atoms with van der Waals surface area (Å²) < 4.78 is 48.0. The van der Waals surface area contributed by atoms with Gasteiger partial charge in [0, 0.05) is 19.5 Å². The van der Waals surface area contributed by atoms with Crippen molar-refractivity contribution >= 4 is 16.5 Å². The Hall–Kier alpha value is -2.04. The molecule has 6 nitrogen and oxygen atoms in total. The van der Waals surface area contributed by atoms with Crippen molar-refractivity contribution in [3.8, 4) is 0 Å². The molecule has 0 saturated carbocycles. The Morgan fingerprint density at radius 2 is 1.82 bits per heavy atom. The van der Waals surface area contributed by atoms with E-state index in [0.717, 1.165) is 34.9 Å². The van der Waals surface area contributed by atoms with Crippen LogP contribution in [-0.4, -0.2) is 44.6 Å².